The molecule has 0 aromatic heterocycles. The third-order valence-electron chi connectivity index (χ3n) is 7.80. The van der Waals surface area contributed by atoms with E-state index >= 15 is 4.39 Å². The molecular formula is C36H40FN3O8S. The molecular weight excluding hydrogens is 653 g/mol. The Hall–Kier alpha value is -5.30. The van der Waals surface area contributed by atoms with Crippen LogP contribution in [-0.4, -0.2) is 72.7 Å². The fourth-order valence-corrected chi connectivity index (χ4v) is 6.70. The van der Waals surface area contributed by atoms with Crippen LogP contribution in [0.4, 0.5) is 10.1 Å². The second-order valence-electron chi connectivity index (χ2n) is 10.8. The second-order valence-corrected chi connectivity index (χ2v) is 12.6. The molecule has 0 aliphatic heterocycles. The van der Waals surface area contributed by atoms with Crippen molar-refractivity contribution < 1.29 is 41.3 Å². The number of halogens is 1. The highest BCUT2D eigenvalue weighted by atomic mass is 32.2. The Labute approximate surface area is 286 Å². The van der Waals surface area contributed by atoms with Gasteiger partial charge in [0.15, 0.2) is 11.5 Å². The summed E-state index contributed by atoms with van der Waals surface area (Å²) in [6, 6.07) is 22.4. The lowest BCUT2D eigenvalue weighted by Crippen LogP contribution is -2.53. The minimum Gasteiger partial charge on any atom is -0.497 e. The average molecular weight is 694 g/mol. The van der Waals surface area contributed by atoms with Gasteiger partial charge in [-0.05, 0) is 42.8 Å². The Balaban J connectivity index is 1.90. The Morgan fingerprint density at radius 1 is 0.796 bits per heavy atom. The van der Waals surface area contributed by atoms with E-state index in [4.69, 9.17) is 18.9 Å². The van der Waals surface area contributed by atoms with Gasteiger partial charge in [0.1, 0.15) is 29.9 Å². The topological polar surface area (TPSA) is 124 Å². The van der Waals surface area contributed by atoms with Crippen molar-refractivity contribution in [2.45, 2.75) is 30.8 Å². The van der Waals surface area contributed by atoms with E-state index in [0.29, 0.717) is 11.5 Å². The van der Waals surface area contributed by atoms with Crippen LogP contribution in [0.2, 0.25) is 0 Å². The number of amides is 2. The number of nitrogens with one attached hydrogen (secondary N) is 1. The highest BCUT2D eigenvalue weighted by molar-refractivity contribution is 7.92. The molecule has 49 heavy (non-hydrogen) atoms. The zero-order valence-corrected chi connectivity index (χ0v) is 28.8. The molecule has 0 aliphatic carbocycles. The molecule has 0 radical (unpaired) electrons. The molecule has 260 valence electrons. The molecule has 4 aromatic rings. The van der Waals surface area contributed by atoms with Crippen LogP contribution in [-0.2, 0) is 32.6 Å². The highest BCUT2D eigenvalue weighted by Gasteiger charge is 2.36. The average Bonchev–Trinajstić information content (AvgIpc) is 3.12. The predicted molar refractivity (Wildman–Crippen MR) is 183 cm³/mol. The lowest BCUT2D eigenvalue weighted by atomic mass is 10.0. The van der Waals surface area contributed by atoms with Gasteiger partial charge in [-0.1, -0.05) is 48.5 Å². The number of hydrogen-bond acceptors (Lipinski definition) is 8. The van der Waals surface area contributed by atoms with Crippen LogP contribution in [0, 0.1) is 5.82 Å². The van der Waals surface area contributed by atoms with Gasteiger partial charge in [0.05, 0.1) is 39.0 Å². The normalized spacial score (nSPS) is 11.6. The number of rotatable bonds is 16. The van der Waals surface area contributed by atoms with E-state index < -0.39 is 40.2 Å². The molecule has 11 nitrogen and oxygen atoms in total. The van der Waals surface area contributed by atoms with Crippen LogP contribution in [0.3, 0.4) is 0 Å². The van der Waals surface area contributed by atoms with Crippen molar-refractivity contribution in [3.8, 4) is 23.0 Å². The number of anilines is 1. The molecule has 13 heteroatoms. The minimum absolute atomic E-state index is 0.00607. The quantitative estimate of drug-likeness (QED) is 0.177. The third-order valence-corrected chi connectivity index (χ3v) is 9.55. The number of nitrogens with zero attached hydrogens (tertiary/aromatic N) is 2. The summed E-state index contributed by atoms with van der Waals surface area (Å²) in [5.74, 6) is -0.976. The molecule has 0 fully saturated rings. The molecule has 0 bridgehead atoms. The van der Waals surface area contributed by atoms with Crippen molar-refractivity contribution in [3.63, 3.8) is 0 Å². The zero-order chi connectivity index (χ0) is 35.6. The van der Waals surface area contributed by atoms with Gasteiger partial charge in [-0.2, -0.15) is 0 Å². The first kappa shape index (κ1) is 36.5. The summed E-state index contributed by atoms with van der Waals surface area (Å²) in [7, 11) is 1.02. The maximum Gasteiger partial charge on any atom is 0.265 e. The van der Waals surface area contributed by atoms with Crippen molar-refractivity contribution in [3.05, 3.63) is 108 Å². The van der Waals surface area contributed by atoms with Crippen LogP contribution in [0.25, 0.3) is 0 Å². The van der Waals surface area contributed by atoms with E-state index in [1.54, 1.807) is 31.2 Å². The van der Waals surface area contributed by atoms with Crippen LogP contribution in [0.5, 0.6) is 23.0 Å². The van der Waals surface area contributed by atoms with Crippen molar-refractivity contribution in [2.24, 2.45) is 0 Å². The maximum atomic E-state index is 15.1. The number of sulfonamides is 1. The molecule has 4 aromatic carbocycles. The van der Waals surface area contributed by atoms with Crippen LogP contribution in [0.1, 0.15) is 18.1 Å². The number of carbonyl (C=O) groups excluding carboxylic acids is 2. The molecule has 1 N–H and O–H groups in total. The number of methoxy groups -OCH3 is 4. The molecule has 0 saturated heterocycles. The van der Waals surface area contributed by atoms with E-state index in [0.717, 1.165) is 9.87 Å². The van der Waals surface area contributed by atoms with E-state index in [1.165, 1.54) is 81.9 Å². The molecule has 1 atom stereocenters. The lowest BCUT2D eigenvalue weighted by molar-refractivity contribution is -0.140. The smallest absolute Gasteiger partial charge is 0.265 e. The largest absolute Gasteiger partial charge is 0.497 e. The summed E-state index contributed by atoms with van der Waals surface area (Å²) in [6.45, 7) is 0.901. The molecule has 0 heterocycles. The number of hydrogen-bond donors (Lipinski definition) is 1. The first-order valence-corrected chi connectivity index (χ1v) is 16.8. The first-order valence-electron chi connectivity index (χ1n) is 15.4. The Bertz CT molecular complexity index is 1860. The fourth-order valence-electron chi connectivity index (χ4n) is 5.27. The Morgan fingerprint density at radius 3 is 2.08 bits per heavy atom. The minimum atomic E-state index is -4.55. The standard InChI is InChI=1S/C36H40FN3O8S/c1-6-38-36(42)31(20-25-12-8-7-9-13-25)39(23-26-14-10-11-15-29(26)37)35(41)24-40(30-21-27(45-2)16-18-32(30)46-3)49(43,44)28-17-19-33(47-4)34(22-28)48-5/h7-19,21-22,31H,6,20,23-24H2,1-5H3,(H,38,42)/t31-/m0/s1. The van der Waals surface area contributed by atoms with Crippen molar-refractivity contribution >= 4 is 27.5 Å². The maximum absolute atomic E-state index is 15.1. The Morgan fingerprint density at radius 2 is 1.45 bits per heavy atom. The molecule has 4 rings (SSSR count). The molecule has 0 saturated carbocycles. The van der Waals surface area contributed by atoms with Gasteiger partial charge < -0.3 is 29.2 Å². The highest BCUT2D eigenvalue weighted by Crippen LogP contribution is 2.38. The predicted octanol–water partition coefficient (Wildman–Crippen LogP) is 4.83. The van der Waals surface area contributed by atoms with Gasteiger partial charge in [0.25, 0.3) is 10.0 Å². The number of ether oxygens (including phenoxy) is 4. The van der Waals surface area contributed by atoms with Gasteiger partial charge in [-0.3, -0.25) is 13.9 Å². The number of likely N-dealkylation sites (N-methyl/N-ethyl adjacent to an activating group) is 1. The summed E-state index contributed by atoms with van der Waals surface area (Å²) in [6.07, 6.45) is 0.0811. The lowest BCUT2D eigenvalue weighted by Gasteiger charge is -2.34. The molecule has 2 amide bonds. The van der Waals surface area contributed by atoms with Gasteiger partial charge in [0, 0.05) is 37.2 Å². The van der Waals surface area contributed by atoms with Gasteiger partial charge in [-0.25, -0.2) is 12.8 Å². The van der Waals surface area contributed by atoms with Gasteiger partial charge >= 0.3 is 0 Å². The Kier molecular flexibility index (Phi) is 12.4. The van der Waals surface area contributed by atoms with E-state index in [1.807, 2.05) is 18.2 Å². The van der Waals surface area contributed by atoms with Crippen molar-refractivity contribution in [1.82, 2.24) is 10.2 Å². The first-order chi connectivity index (χ1) is 23.6. The monoisotopic (exact) mass is 693 g/mol. The van der Waals surface area contributed by atoms with Gasteiger partial charge in [-0.15, -0.1) is 0 Å². The van der Waals surface area contributed by atoms with E-state index in [2.05, 4.69) is 5.32 Å². The van der Waals surface area contributed by atoms with E-state index in [9.17, 15) is 18.0 Å². The summed E-state index contributed by atoms with van der Waals surface area (Å²) < 4.78 is 66.7. The number of carbonyl (C=O) groups is 2. The summed E-state index contributed by atoms with van der Waals surface area (Å²) in [4.78, 5) is 29.3. The van der Waals surface area contributed by atoms with Crippen LogP contribution in [0.15, 0.2) is 95.9 Å². The van der Waals surface area contributed by atoms with E-state index in [-0.39, 0.29) is 47.2 Å². The zero-order valence-electron chi connectivity index (χ0n) is 28.0. The third kappa shape index (κ3) is 8.60. The van der Waals surface area contributed by atoms with Gasteiger partial charge in [0.2, 0.25) is 11.8 Å². The second kappa shape index (κ2) is 16.7. The number of benzene rings is 4. The van der Waals surface area contributed by atoms with Crippen LogP contribution >= 0.6 is 0 Å². The summed E-state index contributed by atoms with van der Waals surface area (Å²) >= 11 is 0. The fraction of sp³-hybridized carbons (Fsp3) is 0.278. The van der Waals surface area contributed by atoms with Crippen LogP contribution < -0.4 is 28.6 Å². The molecule has 0 aliphatic rings. The SMILES string of the molecule is CCNC(=O)[C@H](Cc1ccccc1)N(Cc1ccccc1F)C(=O)CN(c1cc(OC)ccc1OC)S(=O)(=O)c1ccc(OC)c(OC)c1. The van der Waals surface area contributed by atoms with Crippen molar-refractivity contribution in [2.75, 3.05) is 45.8 Å². The molecule has 0 unspecified atom stereocenters. The van der Waals surface area contributed by atoms with Crippen molar-refractivity contribution in [1.29, 1.82) is 0 Å². The molecule has 0 spiro atoms. The summed E-state index contributed by atoms with van der Waals surface area (Å²) in [5.41, 5.74) is 0.884. The summed E-state index contributed by atoms with van der Waals surface area (Å²) in [5, 5.41) is 2.78.